The van der Waals surface area contributed by atoms with Gasteiger partial charge in [0.05, 0.1) is 7.11 Å². The van der Waals surface area contributed by atoms with Gasteiger partial charge in [-0.3, -0.25) is 0 Å². The Kier molecular flexibility index (Phi) is 2.72. The van der Waals surface area contributed by atoms with Crippen molar-refractivity contribution in [1.82, 2.24) is 0 Å². The second kappa shape index (κ2) is 3.62. The first-order valence-corrected chi connectivity index (χ1v) is 3.86. The largest absolute Gasteiger partial charge is 0.497 e. The van der Waals surface area contributed by atoms with E-state index < -0.39 is 11.6 Å². The topological polar surface area (TPSA) is 55.8 Å². The molecule has 0 aromatic rings. The van der Waals surface area contributed by atoms with E-state index in [1.54, 1.807) is 12.2 Å². The minimum absolute atomic E-state index is 0.290. The van der Waals surface area contributed by atoms with Gasteiger partial charge in [-0.1, -0.05) is 0 Å². The molecule has 0 aliphatic heterocycles. The fourth-order valence-corrected chi connectivity index (χ4v) is 1.15. The van der Waals surface area contributed by atoms with Gasteiger partial charge < -0.3 is 14.6 Å². The van der Waals surface area contributed by atoms with Gasteiger partial charge in [-0.2, -0.15) is 0 Å². The van der Waals surface area contributed by atoms with Crippen molar-refractivity contribution in [3.05, 3.63) is 24.0 Å². The number of allylic oxidation sites excluding steroid dienone is 1. The van der Waals surface area contributed by atoms with Gasteiger partial charge in [0.25, 0.3) is 0 Å². The quantitative estimate of drug-likeness (QED) is 0.709. The SMILES string of the molecule is COC1=CCC(OC)(C(=O)O)C=C1. The molecule has 1 atom stereocenters. The monoisotopic (exact) mass is 184 g/mol. The van der Waals surface area contributed by atoms with Crippen molar-refractivity contribution >= 4 is 5.97 Å². The van der Waals surface area contributed by atoms with Crippen LogP contribution >= 0.6 is 0 Å². The van der Waals surface area contributed by atoms with Crippen molar-refractivity contribution < 1.29 is 19.4 Å². The van der Waals surface area contributed by atoms with Crippen LogP contribution < -0.4 is 0 Å². The zero-order valence-corrected chi connectivity index (χ0v) is 7.61. The molecule has 0 aromatic heterocycles. The predicted octanol–water partition coefficient (Wildman–Crippen LogP) is 0.946. The van der Waals surface area contributed by atoms with Gasteiger partial charge in [-0.25, -0.2) is 4.79 Å². The number of hydrogen-bond acceptors (Lipinski definition) is 3. The highest BCUT2D eigenvalue weighted by molar-refractivity contribution is 5.81. The molecular formula is C9H12O4. The van der Waals surface area contributed by atoms with E-state index >= 15 is 0 Å². The first-order valence-electron chi connectivity index (χ1n) is 3.86. The summed E-state index contributed by atoms with van der Waals surface area (Å²) in [7, 11) is 2.92. The summed E-state index contributed by atoms with van der Waals surface area (Å²) in [6.45, 7) is 0. The van der Waals surface area contributed by atoms with Crippen molar-refractivity contribution in [2.45, 2.75) is 12.0 Å². The minimum atomic E-state index is -1.22. The summed E-state index contributed by atoms with van der Waals surface area (Å²) in [5.74, 6) is -0.327. The number of methoxy groups -OCH3 is 2. The number of hydrogen-bond donors (Lipinski definition) is 1. The zero-order valence-electron chi connectivity index (χ0n) is 7.61. The molecule has 0 heterocycles. The molecule has 0 aromatic carbocycles. The van der Waals surface area contributed by atoms with Gasteiger partial charge in [0.1, 0.15) is 5.76 Å². The van der Waals surface area contributed by atoms with Crippen LogP contribution in [0.3, 0.4) is 0 Å². The number of rotatable bonds is 3. The predicted molar refractivity (Wildman–Crippen MR) is 46.2 cm³/mol. The highest BCUT2D eigenvalue weighted by Crippen LogP contribution is 2.24. The van der Waals surface area contributed by atoms with Crippen molar-refractivity contribution in [2.24, 2.45) is 0 Å². The van der Waals surface area contributed by atoms with Crippen molar-refractivity contribution in [3.63, 3.8) is 0 Å². The van der Waals surface area contributed by atoms with Crippen LogP contribution in [0.1, 0.15) is 6.42 Å². The van der Waals surface area contributed by atoms with E-state index in [-0.39, 0.29) is 0 Å². The summed E-state index contributed by atoms with van der Waals surface area (Å²) in [6, 6.07) is 0. The van der Waals surface area contributed by atoms with E-state index in [4.69, 9.17) is 14.6 Å². The summed E-state index contributed by atoms with van der Waals surface area (Å²) in [4.78, 5) is 10.9. The average molecular weight is 184 g/mol. The van der Waals surface area contributed by atoms with Crippen LogP contribution in [0, 0.1) is 0 Å². The Morgan fingerprint density at radius 2 is 2.31 bits per heavy atom. The highest BCUT2D eigenvalue weighted by atomic mass is 16.5. The van der Waals surface area contributed by atoms with Crippen molar-refractivity contribution in [3.8, 4) is 0 Å². The van der Waals surface area contributed by atoms with Crippen LogP contribution in [0.5, 0.6) is 0 Å². The Morgan fingerprint density at radius 1 is 1.62 bits per heavy atom. The molecule has 1 unspecified atom stereocenters. The molecule has 0 spiro atoms. The van der Waals surface area contributed by atoms with Gasteiger partial charge in [0.2, 0.25) is 0 Å². The van der Waals surface area contributed by atoms with E-state index in [1.165, 1.54) is 20.3 Å². The second-order valence-corrected chi connectivity index (χ2v) is 2.75. The molecule has 0 fully saturated rings. The van der Waals surface area contributed by atoms with E-state index in [2.05, 4.69) is 0 Å². The summed E-state index contributed by atoms with van der Waals surface area (Å²) < 4.78 is 9.88. The summed E-state index contributed by atoms with van der Waals surface area (Å²) in [5.41, 5.74) is -1.22. The van der Waals surface area contributed by atoms with Gasteiger partial charge in [0.15, 0.2) is 5.60 Å². The van der Waals surface area contributed by atoms with Crippen LogP contribution in [0.15, 0.2) is 24.0 Å². The Morgan fingerprint density at radius 3 is 2.62 bits per heavy atom. The van der Waals surface area contributed by atoms with Crippen molar-refractivity contribution in [2.75, 3.05) is 14.2 Å². The van der Waals surface area contributed by atoms with E-state index in [9.17, 15) is 4.79 Å². The van der Waals surface area contributed by atoms with Crippen LogP contribution in [0.2, 0.25) is 0 Å². The third-order valence-corrected chi connectivity index (χ3v) is 2.09. The Hall–Kier alpha value is -1.29. The fourth-order valence-electron chi connectivity index (χ4n) is 1.15. The molecular weight excluding hydrogens is 172 g/mol. The summed E-state index contributed by atoms with van der Waals surface area (Å²) in [5, 5.41) is 8.90. The lowest BCUT2D eigenvalue weighted by Gasteiger charge is -2.25. The van der Waals surface area contributed by atoms with E-state index in [0.29, 0.717) is 12.2 Å². The van der Waals surface area contributed by atoms with Crippen LogP contribution in [0.25, 0.3) is 0 Å². The summed E-state index contributed by atoms with van der Waals surface area (Å²) >= 11 is 0. The second-order valence-electron chi connectivity index (χ2n) is 2.75. The van der Waals surface area contributed by atoms with Crippen LogP contribution in [-0.4, -0.2) is 30.9 Å². The van der Waals surface area contributed by atoms with Gasteiger partial charge in [-0.05, 0) is 18.2 Å². The summed E-state index contributed by atoms with van der Waals surface area (Å²) in [6.07, 6.45) is 5.07. The number of aliphatic carboxylic acids is 1. The minimum Gasteiger partial charge on any atom is -0.497 e. The Labute approximate surface area is 76.5 Å². The van der Waals surface area contributed by atoms with Gasteiger partial charge in [0, 0.05) is 13.5 Å². The first kappa shape index (κ1) is 9.80. The molecule has 13 heavy (non-hydrogen) atoms. The molecule has 4 heteroatoms. The Balaban J connectivity index is 2.83. The molecule has 0 saturated carbocycles. The fraction of sp³-hybridized carbons (Fsp3) is 0.444. The number of carbonyl (C=O) groups is 1. The van der Waals surface area contributed by atoms with E-state index in [0.717, 1.165) is 0 Å². The van der Waals surface area contributed by atoms with Crippen LogP contribution in [0.4, 0.5) is 0 Å². The van der Waals surface area contributed by atoms with Gasteiger partial charge in [-0.15, -0.1) is 0 Å². The molecule has 0 amide bonds. The molecule has 4 nitrogen and oxygen atoms in total. The lowest BCUT2D eigenvalue weighted by Crippen LogP contribution is -2.39. The normalized spacial score (nSPS) is 26.8. The highest BCUT2D eigenvalue weighted by Gasteiger charge is 2.36. The maximum atomic E-state index is 10.9. The molecule has 0 radical (unpaired) electrons. The zero-order chi connectivity index (χ0) is 9.90. The third kappa shape index (κ3) is 1.72. The molecule has 1 aliphatic carbocycles. The first-order chi connectivity index (χ1) is 6.14. The van der Waals surface area contributed by atoms with Crippen molar-refractivity contribution in [1.29, 1.82) is 0 Å². The maximum absolute atomic E-state index is 10.9. The molecule has 1 rings (SSSR count). The average Bonchev–Trinajstić information content (AvgIpc) is 2.17. The smallest absolute Gasteiger partial charge is 0.340 e. The Bertz CT molecular complexity index is 267. The van der Waals surface area contributed by atoms with Gasteiger partial charge >= 0.3 is 5.97 Å². The van der Waals surface area contributed by atoms with Crippen LogP contribution in [-0.2, 0) is 14.3 Å². The van der Waals surface area contributed by atoms with E-state index in [1.807, 2.05) is 0 Å². The standard InChI is InChI=1S/C9H12O4/c1-12-7-3-5-9(13-2,6-4-7)8(10)11/h3-5H,6H2,1-2H3,(H,10,11). The number of carboxylic acid groups (broad SMARTS) is 1. The number of carboxylic acids is 1. The lowest BCUT2D eigenvalue weighted by atomic mass is 9.95. The molecule has 1 N–H and O–H groups in total. The molecule has 72 valence electrons. The lowest BCUT2D eigenvalue weighted by molar-refractivity contribution is -0.156. The molecule has 1 aliphatic rings. The number of ether oxygens (including phenoxy) is 2. The maximum Gasteiger partial charge on any atom is 0.340 e. The third-order valence-electron chi connectivity index (χ3n) is 2.09. The molecule has 0 bridgehead atoms. The molecule has 0 saturated heterocycles.